The summed E-state index contributed by atoms with van der Waals surface area (Å²) in [6.07, 6.45) is 2.34. The van der Waals surface area contributed by atoms with Gasteiger partial charge in [0.1, 0.15) is 16.5 Å². The number of aldehydes is 1. The van der Waals surface area contributed by atoms with Crippen LogP contribution in [0.2, 0.25) is 0 Å². The summed E-state index contributed by atoms with van der Waals surface area (Å²) < 4.78 is 10.4. The summed E-state index contributed by atoms with van der Waals surface area (Å²) in [5.41, 5.74) is 0.874. The van der Waals surface area contributed by atoms with Gasteiger partial charge >= 0.3 is 0 Å². The Labute approximate surface area is 103 Å². The van der Waals surface area contributed by atoms with E-state index in [9.17, 15) is 4.79 Å². The second kappa shape index (κ2) is 4.97. The summed E-state index contributed by atoms with van der Waals surface area (Å²) >= 11 is 1.33. The third kappa shape index (κ3) is 2.45. The highest BCUT2D eigenvalue weighted by Crippen LogP contribution is 2.31. The maximum atomic E-state index is 10.6. The molecule has 88 valence electrons. The predicted octanol–water partition coefficient (Wildman–Crippen LogP) is 2.64. The highest BCUT2D eigenvalue weighted by Gasteiger charge is 2.08. The van der Waals surface area contributed by atoms with Crippen molar-refractivity contribution in [2.24, 2.45) is 0 Å². The summed E-state index contributed by atoms with van der Waals surface area (Å²) in [5.74, 6) is 1.39. The molecule has 1 aromatic carbocycles. The van der Waals surface area contributed by atoms with Crippen LogP contribution in [0.3, 0.4) is 0 Å². The van der Waals surface area contributed by atoms with E-state index in [1.165, 1.54) is 11.3 Å². The van der Waals surface area contributed by atoms with Crippen molar-refractivity contribution in [3.8, 4) is 22.1 Å². The van der Waals surface area contributed by atoms with Gasteiger partial charge in [-0.15, -0.1) is 11.3 Å². The Morgan fingerprint density at radius 2 is 1.82 bits per heavy atom. The van der Waals surface area contributed by atoms with Crippen molar-refractivity contribution in [2.75, 3.05) is 14.2 Å². The quantitative estimate of drug-likeness (QED) is 0.781. The third-order valence-corrected chi connectivity index (χ3v) is 3.21. The van der Waals surface area contributed by atoms with E-state index >= 15 is 0 Å². The number of methoxy groups -OCH3 is 2. The van der Waals surface area contributed by atoms with Crippen molar-refractivity contribution < 1.29 is 14.3 Å². The normalized spacial score (nSPS) is 10.0. The lowest BCUT2D eigenvalue weighted by molar-refractivity contribution is 0.112. The average Bonchev–Trinajstić information content (AvgIpc) is 2.86. The van der Waals surface area contributed by atoms with E-state index in [-0.39, 0.29) is 0 Å². The lowest BCUT2D eigenvalue weighted by Gasteiger charge is -2.06. The Kier molecular flexibility index (Phi) is 3.39. The molecule has 5 heteroatoms. The van der Waals surface area contributed by atoms with Crippen LogP contribution in [0.15, 0.2) is 24.4 Å². The Hall–Kier alpha value is -1.88. The molecule has 0 unspecified atom stereocenters. The zero-order valence-electron chi connectivity index (χ0n) is 9.47. The van der Waals surface area contributed by atoms with Gasteiger partial charge in [-0.1, -0.05) is 0 Å². The molecule has 0 amide bonds. The van der Waals surface area contributed by atoms with Crippen molar-refractivity contribution in [3.63, 3.8) is 0 Å². The lowest BCUT2D eigenvalue weighted by Crippen LogP contribution is -1.88. The maximum Gasteiger partial charge on any atom is 0.161 e. The molecular formula is C12H11NO3S. The first-order valence-corrected chi connectivity index (χ1v) is 5.73. The second-order valence-corrected chi connectivity index (χ2v) is 4.35. The molecule has 0 atom stereocenters. The lowest BCUT2D eigenvalue weighted by atomic mass is 10.2. The predicted molar refractivity (Wildman–Crippen MR) is 66.0 cm³/mol. The van der Waals surface area contributed by atoms with E-state index in [4.69, 9.17) is 9.47 Å². The smallest absolute Gasteiger partial charge is 0.161 e. The molecule has 4 nitrogen and oxygen atoms in total. The van der Waals surface area contributed by atoms with Crippen LogP contribution in [0.4, 0.5) is 0 Å². The molecule has 0 aliphatic heterocycles. The minimum Gasteiger partial charge on any atom is -0.497 e. The molecule has 17 heavy (non-hydrogen) atoms. The van der Waals surface area contributed by atoms with E-state index in [0.717, 1.165) is 16.9 Å². The molecule has 2 rings (SSSR count). The van der Waals surface area contributed by atoms with E-state index < -0.39 is 0 Å². The number of benzene rings is 1. The minimum absolute atomic E-state index is 0.599. The highest BCUT2D eigenvalue weighted by atomic mass is 32.1. The van der Waals surface area contributed by atoms with Crippen LogP contribution in [0, 0.1) is 0 Å². The van der Waals surface area contributed by atoms with Gasteiger partial charge in [0, 0.05) is 17.8 Å². The molecule has 0 N–H and O–H groups in total. The molecule has 2 aromatic rings. The zero-order valence-corrected chi connectivity index (χ0v) is 10.3. The zero-order chi connectivity index (χ0) is 12.3. The number of carbonyl (C=O) groups is 1. The van der Waals surface area contributed by atoms with E-state index in [1.54, 1.807) is 26.5 Å². The molecule has 0 spiro atoms. The number of aromatic nitrogens is 1. The van der Waals surface area contributed by atoms with Gasteiger partial charge in [-0.25, -0.2) is 4.98 Å². The van der Waals surface area contributed by atoms with Crippen LogP contribution in [0.5, 0.6) is 11.5 Å². The highest BCUT2D eigenvalue weighted by molar-refractivity contribution is 7.16. The Balaban J connectivity index is 2.46. The maximum absolute atomic E-state index is 10.6. The Morgan fingerprint density at radius 3 is 2.29 bits per heavy atom. The molecule has 0 saturated heterocycles. The Bertz CT molecular complexity index is 514. The van der Waals surface area contributed by atoms with Gasteiger partial charge in [0.05, 0.1) is 19.1 Å². The topological polar surface area (TPSA) is 48.4 Å². The number of hydrogen-bond donors (Lipinski definition) is 0. The summed E-state index contributed by atoms with van der Waals surface area (Å²) in [5, 5.41) is 0.768. The third-order valence-electron chi connectivity index (χ3n) is 2.24. The molecule has 1 aromatic heterocycles. The first-order valence-electron chi connectivity index (χ1n) is 4.91. The van der Waals surface area contributed by atoms with Crippen molar-refractivity contribution in [1.29, 1.82) is 0 Å². The molecule has 1 heterocycles. The van der Waals surface area contributed by atoms with Gasteiger partial charge in [0.15, 0.2) is 6.29 Å². The standard InChI is InChI=1S/C12H11NO3S/c1-15-9-3-8(4-10(5-9)16-2)12-13-6-11(7-14)17-12/h3-7H,1-2H3. The number of carbonyl (C=O) groups excluding carboxylic acids is 1. The second-order valence-electron chi connectivity index (χ2n) is 3.29. The largest absolute Gasteiger partial charge is 0.497 e. The van der Waals surface area contributed by atoms with Crippen LogP contribution in [0.1, 0.15) is 9.67 Å². The fourth-order valence-corrected chi connectivity index (χ4v) is 2.12. The number of ether oxygens (including phenoxy) is 2. The van der Waals surface area contributed by atoms with Gasteiger partial charge in [-0.05, 0) is 12.1 Å². The molecular weight excluding hydrogens is 238 g/mol. The van der Waals surface area contributed by atoms with Crippen LogP contribution in [-0.2, 0) is 0 Å². The molecule has 0 fully saturated rings. The summed E-state index contributed by atoms with van der Waals surface area (Å²) in [4.78, 5) is 15.4. The fraction of sp³-hybridized carbons (Fsp3) is 0.167. The summed E-state index contributed by atoms with van der Waals surface area (Å²) in [6, 6.07) is 5.50. The number of thiazole rings is 1. The van der Waals surface area contributed by atoms with Gasteiger partial charge in [-0.3, -0.25) is 4.79 Å². The first kappa shape index (κ1) is 11.6. The van der Waals surface area contributed by atoms with Crippen molar-refractivity contribution in [1.82, 2.24) is 4.98 Å². The van der Waals surface area contributed by atoms with Gasteiger partial charge in [-0.2, -0.15) is 0 Å². The van der Waals surface area contributed by atoms with E-state index in [1.807, 2.05) is 12.1 Å². The van der Waals surface area contributed by atoms with Crippen molar-refractivity contribution in [3.05, 3.63) is 29.3 Å². The van der Waals surface area contributed by atoms with E-state index in [0.29, 0.717) is 16.4 Å². The fourth-order valence-electron chi connectivity index (χ4n) is 1.41. The van der Waals surface area contributed by atoms with Gasteiger partial charge < -0.3 is 9.47 Å². The van der Waals surface area contributed by atoms with Crippen molar-refractivity contribution in [2.45, 2.75) is 0 Å². The SMILES string of the molecule is COc1cc(OC)cc(-c2ncc(C=O)s2)c1. The van der Waals surface area contributed by atoms with Crippen LogP contribution < -0.4 is 9.47 Å². The molecule has 0 radical (unpaired) electrons. The first-order chi connectivity index (χ1) is 8.26. The van der Waals surface area contributed by atoms with Crippen LogP contribution in [0.25, 0.3) is 10.6 Å². The summed E-state index contributed by atoms with van der Waals surface area (Å²) in [7, 11) is 3.19. The average molecular weight is 249 g/mol. The van der Waals surface area contributed by atoms with Crippen LogP contribution in [-0.4, -0.2) is 25.5 Å². The monoisotopic (exact) mass is 249 g/mol. The van der Waals surface area contributed by atoms with Gasteiger partial charge in [0.25, 0.3) is 0 Å². The Morgan fingerprint density at radius 1 is 1.18 bits per heavy atom. The summed E-state index contributed by atoms with van der Waals surface area (Å²) in [6.45, 7) is 0. The van der Waals surface area contributed by atoms with E-state index in [2.05, 4.69) is 4.98 Å². The number of rotatable bonds is 4. The molecule has 0 saturated carbocycles. The minimum atomic E-state index is 0.599. The number of hydrogen-bond acceptors (Lipinski definition) is 5. The number of nitrogens with zero attached hydrogens (tertiary/aromatic N) is 1. The molecule has 0 aliphatic rings. The molecule has 0 bridgehead atoms. The molecule has 0 aliphatic carbocycles. The van der Waals surface area contributed by atoms with Crippen LogP contribution >= 0.6 is 11.3 Å². The van der Waals surface area contributed by atoms with Crippen molar-refractivity contribution >= 4 is 17.6 Å². The van der Waals surface area contributed by atoms with Gasteiger partial charge in [0.2, 0.25) is 0 Å².